The first kappa shape index (κ1) is 17.2. The molecule has 2 atom stereocenters. The Morgan fingerprint density at radius 3 is 2.60 bits per heavy atom. The predicted molar refractivity (Wildman–Crippen MR) is 86.0 cm³/mol. The van der Waals surface area contributed by atoms with E-state index < -0.39 is 0 Å². The predicted octanol–water partition coefficient (Wildman–Crippen LogP) is 2.74. The smallest absolute Gasteiger partial charge is 0.0638 e. The summed E-state index contributed by atoms with van der Waals surface area (Å²) < 4.78 is 0. The molecule has 3 nitrogen and oxygen atoms in total. The van der Waals surface area contributed by atoms with Gasteiger partial charge in [0.05, 0.1) is 6.10 Å². The molecule has 0 fully saturated rings. The molecule has 114 valence electrons. The maximum atomic E-state index is 9.43. The van der Waals surface area contributed by atoms with Gasteiger partial charge in [0.1, 0.15) is 0 Å². The van der Waals surface area contributed by atoms with Crippen molar-refractivity contribution in [2.24, 2.45) is 0 Å². The Bertz CT molecular complexity index is 379. The van der Waals surface area contributed by atoms with E-state index in [-0.39, 0.29) is 6.10 Å². The molecule has 0 saturated heterocycles. The van der Waals surface area contributed by atoms with Crippen LogP contribution >= 0.6 is 0 Å². The van der Waals surface area contributed by atoms with Crippen molar-refractivity contribution in [3.8, 4) is 0 Å². The van der Waals surface area contributed by atoms with Crippen LogP contribution in [0, 0.1) is 6.92 Å². The van der Waals surface area contributed by atoms with Gasteiger partial charge >= 0.3 is 0 Å². The molecule has 1 rings (SSSR count). The Kier molecular flexibility index (Phi) is 7.82. The van der Waals surface area contributed by atoms with Crippen LogP contribution in [0.2, 0.25) is 0 Å². The number of rotatable bonds is 9. The highest BCUT2D eigenvalue weighted by atomic mass is 16.3. The molecule has 0 spiro atoms. The van der Waals surface area contributed by atoms with E-state index in [4.69, 9.17) is 0 Å². The minimum absolute atomic E-state index is 0.263. The van der Waals surface area contributed by atoms with Crippen molar-refractivity contribution in [1.29, 1.82) is 0 Å². The van der Waals surface area contributed by atoms with Crippen molar-refractivity contribution in [3.63, 3.8) is 0 Å². The topological polar surface area (TPSA) is 35.5 Å². The Balaban J connectivity index is 2.63. The summed E-state index contributed by atoms with van der Waals surface area (Å²) in [4.78, 5) is 2.20. The quantitative estimate of drug-likeness (QED) is 0.729. The van der Waals surface area contributed by atoms with Crippen LogP contribution < -0.4 is 5.32 Å². The van der Waals surface area contributed by atoms with E-state index in [9.17, 15) is 5.11 Å². The molecule has 0 aliphatic carbocycles. The lowest BCUT2D eigenvalue weighted by Gasteiger charge is -2.25. The third kappa shape index (κ3) is 6.04. The lowest BCUT2D eigenvalue weighted by molar-refractivity contribution is 0.139. The average Bonchev–Trinajstić information content (AvgIpc) is 2.39. The molecule has 1 aromatic carbocycles. The summed E-state index contributed by atoms with van der Waals surface area (Å²) in [6, 6.07) is 9.00. The third-order valence-electron chi connectivity index (χ3n) is 3.58. The number of benzene rings is 1. The van der Waals surface area contributed by atoms with Crippen molar-refractivity contribution in [2.75, 3.05) is 26.7 Å². The Morgan fingerprint density at radius 1 is 1.30 bits per heavy atom. The summed E-state index contributed by atoms with van der Waals surface area (Å²) >= 11 is 0. The van der Waals surface area contributed by atoms with E-state index in [1.54, 1.807) is 0 Å². The molecule has 2 N–H and O–H groups in total. The molecule has 20 heavy (non-hydrogen) atoms. The van der Waals surface area contributed by atoms with Gasteiger partial charge < -0.3 is 15.3 Å². The zero-order valence-corrected chi connectivity index (χ0v) is 13.4. The summed E-state index contributed by atoms with van der Waals surface area (Å²) in [5.41, 5.74) is 2.74. The van der Waals surface area contributed by atoms with Crippen LogP contribution in [0.25, 0.3) is 0 Å². The molecule has 0 amide bonds. The average molecular weight is 278 g/mol. The molecule has 2 unspecified atom stereocenters. The van der Waals surface area contributed by atoms with E-state index in [1.165, 1.54) is 11.1 Å². The van der Waals surface area contributed by atoms with Crippen molar-refractivity contribution in [2.45, 2.75) is 45.8 Å². The van der Waals surface area contributed by atoms with Crippen molar-refractivity contribution < 1.29 is 5.11 Å². The summed E-state index contributed by atoms with van der Waals surface area (Å²) in [5, 5.41) is 13.1. The molecule has 0 aromatic heterocycles. The number of likely N-dealkylation sites (N-methyl/N-ethyl adjacent to an activating group) is 1. The molecule has 0 aliphatic heterocycles. The molecule has 0 bridgehead atoms. The lowest BCUT2D eigenvalue weighted by atomic mass is 9.98. The summed E-state index contributed by atoms with van der Waals surface area (Å²) in [6.45, 7) is 8.97. The van der Waals surface area contributed by atoms with Gasteiger partial charge in [0.2, 0.25) is 0 Å². The molecule has 0 heterocycles. The summed E-state index contributed by atoms with van der Waals surface area (Å²) in [6.07, 6.45) is 1.94. The molecule has 3 heteroatoms. The highest BCUT2D eigenvalue weighted by molar-refractivity contribution is 5.28. The molecule has 0 aliphatic rings. The van der Waals surface area contributed by atoms with E-state index in [2.05, 4.69) is 55.4 Å². The lowest BCUT2D eigenvalue weighted by Crippen LogP contribution is -2.32. The van der Waals surface area contributed by atoms with Crippen LogP contribution in [-0.4, -0.2) is 42.8 Å². The highest BCUT2D eigenvalue weighted by Gasteiger charge is 2.14. The van der Waals surface area contributed by atoms with Gasteiger partial charge in [-0.05, 0) is 58.0 Å². The fraction of sp³-hybridized carbons (Fsp3) is 0.647. The molecule has 0 saturated carbocycles. The van der Waals surface area contributed by atoms with E-state index in [0.29, 0.717) is 6.04 Å². The standard InChI is InChI=1S/C17H30N2O/c1-5-11-18-17(10-12-19(4)13-15(3)20)16-9-7-6-8-14(16)2/h6-9,15,17-18,20H,5,10-13H2,1-4H3. The van der Waals surface area contributed by atoms with Crippen LogP contribution in [-0.2, 0) is 0 Å². The second-order valence-corrected chi connectivity index (χ2v) is 5.76. The Hall–Kier alpha value is -0.900. The van der Waals surface area contributed by atoms with Gasteiger partial charge in [-0.3, -0.25) is 0 Å². The first-order valence-corrected chi connectivity index (χ1v) is 7.70. The zero-order chi connectivity index (χ0) is 15.0. The van der Waals surface area contributed by atoms with Gasteiger partial charge in [-0.25, -0.2) is 0 Å². The largest absolute Gasteiger partial charge is 0.392 e. The van der Waals surface area contributed by atoms with Gasteiger partial charge in [-0.1, -0.05) is 31.2 Å². The molecular weight excluding hydrogens is 248 g/mol. The normalized spacial score (nSPS) is 14.5. The minimum atomic E-state index is -0.263. The van der Waals surface area contributed by atoms with Crippen LogP contribution in [0.15, 0.2) is 24.3 Å². The summed E-state index contributed by atoms with van der Waals surface area (Å²) in [5.74, 6) is 0. The number of hydrogen-bond acceptors (Lipinski definition) is 3. The van der Waals surface area contributed by atoms with Gasteiger partial charge in [0.15, 0.2) is 0 Å². The zero-order valence-electron chi connectivity index (χ0n) is 13.4. The first-order valence-electron chi connectivity index (χ1n) is 7.70. The van der Waals surface area contributed by atoms with E-state index >= 15 is 0 Å². The van der Waals surface area contributed by atoms with Gasteiger partial charge in [-0.2, -0.15) is 0 Å². The number of aryl methyl sites for hydroxylation is 1. The number of aliphatic hydroxyl groups is 1. The molecule has 1 aromatic rings. The van der Waals surface area contributed by atoms with E-state index in [1.807, 2.05) is 6.92 Å². The second kappa shape index (κ2) is 9.11. The fourth-order valence-corrected chi connectivity index (χ4v) is 2.56. The van der Waals surface area contributed by atoms with Crippen molar-refractivity contribution >= 4 is 0 Å². The highest BCUT2D eigenvalue weighted by Crippen LogP contribution is 2.20. The maximum Gasteiger partial charge on any atom is 0.0638 e. The van der Waals surface area contributed by atoms with Crippen LogP contribution in [0.3, 0.4) is 0 Å². The second-order valence-electron chi connectivity index (χ2n) is 5.76. The molecule has 0 radical (unpaired) electrons. The monoisotopic (exact) mass is 278 g/mol. The van der Waals surface area contributed by atoms with Gasteiger partial charge in [0, 0.05) is 12.6 Å². The molecular formula is C17H30N2O. The third-order valence-corrected chi connectivity index (χ3v) is 3.58. The number of hydrogen-bond donors (Lipinski definition) is 2. The van der Waals surface area contributed by atoms with Crippen LogP contribution in [0.1, 0.15) is 43.9 Å². The van der Waals surface area contributed by atoms with Crippen LogP contribution in [0.5, 0.6) is 0 Å². The SMILES string of the molecule is CCCNC(CCN(C)CC(C)O)c1ccccc1C. The number of nitrogens with zero attached hydrogens (tertiary/aromatic N) is 1. The van der Waals surface area contributed by atoms with Gasteiger partial charge in [0.25, 0.3) is 0 Å². The Morgan fingerprint density at radius 2 is 2.00 bits per heavy atom. The Labute approximate surface area is 124 Å². The number of nitrogens with one attached hydrogen (secondary N) is 1. The van der Waals surface area contributed by atoms with Crippen molar-refractivity contribution in [1.82, 2.24) is 10.2 Å². The fourth-order valence-electron chi connectivity index (χ4n) is 2.56. The first-order chi connectivity index (χ1) is 9.54. The number of aliphatic hydroxyl groups excluding tert-OH is 1. The van der Waals surface area contributed by atoms with Crippen molar-refractivity contribution in [3.05, 3.63) is 35.4 Å². The van der Waals surface area contributed by atoms with Crippen LogP contribution in [0.4, 0.5) is 0 Å². The van der Waals surface area contributed by atoms with E-state index in [0.717, 1.165) is 32.5 Å². The maximum absolute atomic E-state index is 9.43. The summed E-state index contributed by atoms with van der Waals surface area (Å²) in [7, 11) is 2.07. The minimum Gasteiger partial charge on any atom is -0.392 e. The van der Waals surface area contributed by atoms with Gasteiger partial charge in [-0.15, -0.1) is 0 Å².